The average Bonchev–Trinajstić information content (AvgIpc) is 2.58. The molecule has 0 atom stereocenters. The van der Waals surface area contributed by atoms with Gasteiger partial charge in [-0.25, -0.2) is 0 Å². The second kappa shape index (κ2) is 7.20. The number of halogens is 1. The molecule has 3 rings (SSSR count). The van der Waals surface area contributed by atoms with Crippen molar-refractivity contribution in [2.45, 2.75) is 6.92 Å². The van der Waals surface area contributed by atoms with Gasteiger partial charge in [-0.2, -0.15) is 0 Å². The van der Waals surface area contributed by atoms with E-state index in [9.17, 15) is 4.79 Å². The monoisotopic (exact) mass is 344 g/mol. The van der Waals surface area contributed by atoms with Gasteiger partial charge in [0.2, 0.25) is 0 Å². The normalized spacial score (nSPS) is 15.4. The highest BCUT2D eigenvalue weighted by atomic mass is 35.5. The maximum absolute atomic E-state index is 12.7. The van der Waals surface area contributed by atoms with E-state index < -0.39 is 0 Å². The zero-order chi connectivity index (χ0) is 17.1. The van der Waals surface area contributed by atoms with E-state index >= 15 is 0 Å². The summed E-state index contributed by atoms with van der Waals surface area (Å²) < 4.78 is 0. The number of aromatic nitrogens is 1. The van der Waals surface area contributed by atoms with Gasteiger partial charge < -0.3 is 15.1 Å². The molecule has 2 aromatic rings. The molecule has 0 bridgehead atoms. The van der Waals surface area contributed by atoms with Crippen LogP contribution < -0.4 is 5.32 Å². The van der Waals surface area contributed by atoms with Gasteiger partial charge in [0.15, 0.2) is 0 Å². The number of likely N-dealkylation sites (N-methyl/N-ethyl adjacent to an activating group) is 1. The third-order valence-electron chi connectivity index (χ3n) is 4.25. The number of pyridine rings is 1. The number of carbonyl (C=O) groups is 1. The third kappa shape index (κ3) is 3.86. The molecular weight excluding hydrogens is 324 g/mol. The lowest BCUT2D eigenvalue weighted by molar-refractivity contribution is 0.0663. The summed E-state index contributed by atoms with van der Waals surface area (Å²) in [6, 6.07) is 7.52. The van der Waals surface area contributed by atoms with E-state index in [2.05, 4.69) is 22.2 Å². The maximum atomic E-state index is 12.7. The van der Waals surface area contributed by atoms with Crippen LogP contribution in [0, 0.1) is 6.92 Å². The molecule has 1 aliphatic rings. The number of aryl methyl sites for hydroxylation is 1. The van der Waals surface area contributed by atoms with Crippen molar-refractivity contribution in [3.8, 4) is 0 Å². The van der Waals surface area contributed by atoms with Crippen LogP contribution >= 0.6 is 11.6 Å². The number of carbonyl (C=O) groups excluding carboxylic acids is 1. The highest BCUT2D eigenvalue weighted by Crippen LogP contribution is 2.24. The van der Waals surface area contributed by atoms with Crippen LogP contribution in [-0.2, 0) is 0 Å². The fourth-order valence-electron chi connectivity index (χ4n) is 2.70. The molecule has 0 radical (unpaired) electrons. The predicted molar refractivity (Wildman–Crippen MR) is 97.1 cm³/mol. The van der Waals surface area contributed by atoms with E-state index in [1.807, 2.05) is 36.1 Å². The van der Waals surface area contributed by atoms with Crippen molar-refractivity contribution in [1.29, 1.82) is 0 Å². The number of nitrogens with one attached hydrogen (secondary N) is 1. The molecule has 5 nitrogen and oxygen atoms in total. The molecule has 126 valence electrons. The van der Waals surface area contributed by atoms with E-state index in [1.54, 1.807) is 12.4 Å². The van der Waals surface area contributed by atoms with Gasteiger partial charge in [-0.05, 0) is 37.7 Å². The number of hydrogen-bond acceptors (Lipinski definition) is 4. The van der Waals surface area contributed by atoms with Crippen LogP contribution in [-0.4, -0.2) is 53.9 Å². The zero-order valence-corrected chi connectivity index (χ0v) is 14.7. The molecule has 1 aromatic carbocycles. The van der Waals surface area contributed by atoms with Gasteiger partial charge in [-0.15, -0.1) is 0 Å². The highest BCUT2D eigenvalue weighted by molar-refractivity contribution is 6.30. The number of anilines is 2. The first-order valence-electron chi connectivity index (χ1n) is 7.99. The first-order chi connectivity index (χ1) is 11.5. The molecular formula is C18H21ClN4O. The van der Waals surface area contributed by atoms with Crippen LogP contribution in [0.4, 0.5) is 11.4 Å². The van der Waals surface area contributed by atoms with Gasteiger partial charge in [0, 0.05) is 43.1 Å². The van der Waals surface area contributed by atoms with Crippen LogP contribution in [0.15, 0.2) is 36.7 Å². The lowest BCUT2D eigenvalue weighted by Gasteiger charge is -2.32. The molecule has 2 heterocycles. The van der Waals surface area contributed by atoms with Crippen LogP contribution in [0.3, 0.4) is 0 Å². The van der Waals surface area contributed by atoms with Crippen molar-refractivity contribution in [3.05, 3.63) is 52.8 Å². The number of hydrogen-bond donors (Lipinski definition) is 1. The summed E-state index contributed by atoms with van der Waals surface area (Å²) in [4.78, 5) is 21.0. The zero-order valence-electron chi connectivity index (χ0n) is 13.9. The first-order valence-corrected chi connectivity index (χ1v) is 8.37. The smallest absolute Gasteiger partial charge is 0.255 e. The van der Waals surface area contributed by atoms with Crippen LogP contribution in [0.25, 0.3) is 0 Å². The van der Waals surface area contributed by atoms with E-state index in [0.29, 0.717) is 10.6 Å². The standard InChI is InChI=1S/C18H21ClN4O/c1-13-3-4-15(19)10-17(13)21-16-9-14(11-20-12-16)18(24)23-7-5-22(2)6-8-23/h3-4,9-12,21H,5-8H2,1-2H3. The molecule has 1 N–H and O–H groups in total. The highest BCUT2D eigenvalue weighted by Gasteiger charge is 2.20. The Morgan fingerprint density at radius 3 is 2.67 bits per heavy atom. The Morgan fingerprint density at radius 1 is 1.17 bits per heavy atom. The summed E-state index contributed by atoms with van der Waals surface area (Å²) >= 11 is 6.06. The van der Waals surface area contributed by atoms with E-state index in [-0.39, 0.29) is 5.91 Å². The lowest BCUT2D eigenvalue weighted by atomic mass is 10.2. The van der Waals surface area contributed by atoms with Crippen molar-refractivity contribution >= 4 is 28.9 Å². The van der Waals surface area contributed by atoms with Crippen molar-refractivity contribution in [2.24, 2.45) is 0 Å². The van der Waals surface area contributed by atoms with Crippen LogP contribution in [0.5, 0.6) is 0 Å². The number of amides is 1. The van der Waals surface area contributed by atoms with E-state index in [1.165, 1.54) is 0 Å². The van der Waals surface area contributed by atoms with Crippen molar-refractivity contribution in [1.82, 2.24) is 14.8 Å². The molecule has 6 heteroatoms. The van der Waals surface area contributed by atoms with Crippen molar-refractivity contribution < 1.29 is 4.79 Å². The summed E-state index contributed by atoms with van der Waals surface area (Å²) in [6.45, 7) is 5.31. The SMILES string of the molecule is Cc1ccc(Cl)cc1Nc1cncc(C(=O)N2CCN(C)CC2)c1. The van der Waals surface area contributed by atoms with Crippen molar-refractivity contribution in [2.75, 3.05) is 38.5 Å². The fraction of sp³-hybridized carbons (Fsp3) is 0.333. The molecule has 0 spiro atoms. The van der Waals surface area contributed by atoms with Gasteiger partial charge in [-0.3, -0.25) is 9.78 Å². The summed E-state index contributed by atoms with van der Waals surface area (Å²) in [7, 11) is 2.07. The van der Waals surface area contributed by atoms with Crippen molar-refractivity contribution in [3.63, 3.8) is 0 Å². The van der Waals surface area contributed by atoms with Gasteiger partial charge in [0.25, 0.3) is 5.91 Å². The third-order valence-corrected chi connectivity index (χ3v) is 4.49. The Balaban J connectivity index is 1.76. The maximum Gasteiger partial charge on any atom is 0.255 e. The number of rotatable bonds is 3. The van der Waals surface area contributed by atoms with E-state index in [0.717, 1.165) is 43.1 Å². The second-order valence-corrected chi connectivity index (χ2v) is 6.58. The minimum Gasteiger partial charge on any atom is -0.354 e. The van der Waals surface area contributed by atoms with E-state index in [4.69, 9.17) is 11.6 Å². The van der Waals surface area contributed by atoms with Gasteiger partial charge in [-0.1, -0.05) is 17.7 Å². The molecule has 0 saturated carbocycles. The summed E-state index contributed by atoms with van der Waals surface area (Å²) in [6.07, 6.45) is 3.33. The molecule has 1 aromatic heterocycles. The van der Waals surface area contributed by atoms with Crippen LogP contribution in [0.1, 0.15) is 15.9 Å². The number of nitrogens with zero attached hydrogens (tertiary/aromatic N) is 3. The summed E-state index contributed by atoms with van der Waals surface area (Å²) in [5, 5.41) is 3.96. The molecule has 0 unspecified atom stereocenters. The number of piperazine rings is 1. The van der Waals surface area contributed by atoms with Crippen LogP contribution in [0.2, 0.25) is 5.02 Å². The molecule has 1 aliphatic heterocycles. The molecule has 0 aliphatic carbocycles. The Morgan fingerprint density at radius 2 is 1.92 bits per heavy atom. The summed E-state index contributed by atoms with van der Waals surface area (Å²) in [5.74, 6) is 0.0297. The van der Waals surface area contributed by atoms with Gasteiger partial charge in [0.1, 0.15) is 0 Å². The fourth-order valence-corrected chi connectivity index (χ4v) is 2.87. The minimum absolute atomic E-state index is 0.0297. The summed E-state index contributed by atoms with van der Waals surface area (Å²) in [5.41, 5.74) is 3.37. The van der Waals surface area contributed by atoms with Gasteiger partial charge in [0.05, 0.1) is 17.4 Å². The quantitative estimate of drug-likeness (QED) is 0.929. The Labute approximate surface area is 147 Å². The average molecular weight is 345 g/mol. The topological polar surface area (TPSA) is 48.5 Å². The second-order valence-electron chi connectivity index (χ2n) is 6.14. The number of benzene rings is 1. The lowest BCUT2D eigenvalue weighted by Crippen LogP contribution is -2.47. The first kappa shape index (κ1) is 16.7. The Kier molecular flexibility index (Phi) is 5.02. The minimum atomic E-state index is 0.0297. The largest absolute Gasteiger partial charge is 0.354 e. The molecule has 1 amide bonds. The molecule has 1 saturated heterocycles. The Bertz CT molecular complexity index is 742. The predicted octanol–water partition coefficient (Wildman–Crippen LogP) is 3.17. The molecule has 24 heavy (non-hydrogen) atoms. The van der Waals surface area contributed by atoms with Gasteiger partial charge >= 0.3 is 0 Å². The Hall–Kier alpha value is -2.11. The molecule has 1 fully saturated rings.